The first-order chi connectivity index (χ1) is 10.2. The van der Waals surface area contributed by atoms with E-state index >= 15 is 0 Å². The molecule has 21 heavy (non-hydrogen) atoms. The second-order valence-electron chi connectivity index (χ2n) is 5.55. The molecule has 1 fully saturated rings. The summed E-state index contributed by atoms with van der Waals surface area (Å²) in [6.45, 7) is 6.72. The minimum Gasteiger partial charge on any atom is -0.497 e. The normalized spacial score (nSPS) is 21.6. The molecule has 0 aliphatic carbocycles. The van der Waals surface area contributed by atoms with Crippen LogP contribution in [0.5, 0.6) is 5.75 Å². The van der Waals surface area contributed by atoms with Gasteiger partial charge in [0.2, 0.25) is 0 Å². The van der Waals surface area contributed by atoms with E-state index < -0.39 is 0 Å². The van der Waals surface area contributed by atoms with Crippen molar-refractivity contribution in [1.29, 1.82) is 0 Å². The highest BCUT2D eigenvalue weighted by atomic mass is 32.1. The van der Waals surface area contributed by atoms with E-state index in [1.165, 1.54) is 38.0 Å². The number of ether oxygens (including phenoxy) is 1. The molecule has 1 saturated heterocycles. The molecule has 1 heterocycles. The van der Waals surface area contributed by atoms with Gasteiger partial charge in [-0.1, -0.05) is 12.1 Å². The molecule has 0 unspecified atom stereocenters. The predicted molar refractivity (Wildman–Crippen MR) is 89.8 cm³/mol. The number of nitrogens with one attached hydrogen (secondary N) is 3. The van der Waals surface area contributed by atoms with Crippen LogP contribution in [0, 0.1) is 0 Å². The fraction of sp³-hybridized carbons (Fsp3) is 0.562. The maximum absolute atomic E-state index is 5.39. The summed E-state index contributed by atoms with van der Waals surface area (Å²) in [5.74, 6) is 0.879. The van der Waals surface area contributed by atoms with Crippen molar-refractivity contribution in [2.45, 2.75) is 32.4 Å². The number of piperidine rings is 1. The Morgan fingerprint density at radius 3 is 2.52 bits per heavy atom. The number of benzene rings is 1. The molecule has 0 atom stereocenters. The fourth-order valence-corrected chi connectivity index (χ4v) is 2.92. The zero-order chi connectivity index (χ0) is 15.1. The lowest BCUT2D eigenvalue weighted by atomic mass is 10.1. The number of likely N-dealkylation sites (tertiary alicyclic amines) is 1. The summed E-state index contributed by atoms with van der Waals surface area (Å²) < 4.78 is 5.15. The van der Waals surface area contributed by atoms with Crippen molar-refractivity contribution in [3.63, 3.8) is 0 Å². The summed E-state index contributed by atoms with van der Waals surface area (Å²) in [4.78, 5) is 1.70. The topological polar surface area (TPSA) is 37.7 Å². The second-order valence-corrected chi connectivity index (χ2v) is 5.96. The Kier molecular flexibility index (Phi) is 6.26. The Bertz CT molecular complexity index is 441. The van der Waals surface area contributed by atoms with Crippen LogP contribution in [-0.2, 0) is 6.54 Å². The van der Waals surface area contributed by atoms with Crippen LogP contribution in [0.15, 0.2) is 24.3 Å². The SMILES string of the molecule is CC[NH+]1CCC(NC(=S)NCc2ccc(OC)cc2)CC1. The molecule has 1 aliphatic rings. The molecule has 0 aromatic heterocycles. The van der Waals surface area contributed by atoms with Crippen molar-refractivity contribution in [3.8, 4) is 5.75 Å². The minimum atomic E-state index is 0.524. The van der Waals surface area contributed by atoms with Crippen LogP contribution in [0.4, 0.5) is 0 Å². The Labute approximate surface area is 132 Å². The Morgan fingerprint density at radius 2 is 1.95 bits per heavy atom. The average molecular weight is 308 g/mol. The summed E-state index contributed by atoms with van der Waals surface area (Å²) in [6.07, 6.45) is 2.40. The van der Waals surface area contributed by atoms with Crippen molar-refractivity contribution >= 4 is 17.3 Å². The van der Waals surface area contributed by atoms with E-state index in [1.807, 2.05) is 12.1 Å². The van der Waals surface area contributed by atoms with Crippen molar-refractivity contribution in [2.24, 2.45) is 0 Å². The largest absolute Gasteiger partial charge is 0.497 e. The molecule has 0 amide bonds. The van der Waals surface area contributed by atoms with Gasteiger partial charge < -0.3 is 20.3 Å². The summed E-state index contributed by atoms with van der Waals surface area (Å²) in [6, 6.07) is 8.57. The van der Waals surface area contributed by atoms with Gasteiger partial charge in [0.15, 0.2) is 5.11 Å². The lowest BCUT2D eigenvalue weighted by Crippen LogP contribution is -3.13. The third-order valence-corrected chi connectivity index (χ3v) is 4.40. The van der Waals surface area contributed by atoms with Gasteiger partial charge in [-0.3, -0.25) is 0 Å². The average Bonchev–Trinajstić information content (AvgIpc) is 2.54. The smallest absolute Gasteiger partial charge is 0.166 e. The maximum atomic E-state index is 5.39. The molecule has 2 rings (SSSR count). The van der Waals surface area contributed by atoms with Crippen molar-refractivity contribution < 1.29 is 9.64 Å². The number of methoxy groups -OCH3 is 1. The van der Waals surface area contributed by atoms with Crippen molar-refractivity contribution in [1.82, 2.24) is 10.6 Å². The van der Waals surface area contributed by atoms with Gasteiger partial charge in [-0.15, -0.1) is 0 Å². The van der Waals surface area contributed by atoms with Gasteiger partial charge in [0.25, 0.3) is 0 Å². The molecule has 0 bridgehead atoms. The van der Waals surface area contributed by atoms with Crippen LogP contribution in [0.25, 0.3) is 0 Å². The first kappa shape index (κ1) is 16.0. The van der Waals surface area contributed by atoms with Crippen LogP contribution < -0.4 is 20.3 Å². The maximum Gasteiger partial charge on any atom is 0.166 e. The van der Waals surface area contributed by atoms with Crippen LogP contribution in [0.1, 0.15) is 25.3 Å². The Hall–Kier alpha value is -1.33. The molecule has 116 valence electrons. The second kappa shape index (κ2) is 8.20. The Morgan fingerprint density at radius 1 is 1.29 bits per heavy atom. The minimum absolute atomic E-state index is 0.524. The van der Waals surface area contributed by atoms with E-state index in [1.54, 1.807) is 12.0 Å². The van der Waals surface area contributed by atoms with E-state index in [2.05, 4.69) is 29.7 Å². The molecule has 1 aromatic carbocycles. The van der Waals surface area contributed by atoms with Crippen LogP contribution in [0.2, 0.25) is 0 Å². The van der Waals surface area contributed by atoms with Crippen molar-refractivity contribution in [2.75, 3.05) is 26.7 Å². The zero-order valence-electron chi connectivity index (χ0n) is 12.9. The molecule has 0 radical (unpaired) electrons. The molecule has 1 aromatic rings. The molecule has 1 aliphatic heterocycles. The quantitative estimate of drug-likeness (QED) is 0.701. The van der Waals surface area contributed by atoms with E-state index in [9.17, 15) is 0 Å². The third kappa shape index (κ3) is 5.17. The number of hydrogen-bond acceptors (Lipinski definition) is 2. The molecule has 0 saturated carbocycles. The van der Waals surface area contributed by atoms with E-state index in [0.717, 1.165) is 17.4 Å². The molecule has 0 spiro atoms. The van der Waals surface area contributed by atoms with Gasteiger partial charge in [0.1, 0.15) is 5.75 Å². The Balaban J connectivity index is 1.69. The standard InChI is InChI=1S/C16H25N3OS/c1-3-19-10-8-14(9-11-19)18-16(21)17-12-13-4-6-15(20-2)7-5-13/h4-7,14H,3,8-12H2,1-2H3,(H2,17,18,21)/p+1. The summed E-state index contributed by atoms with van der Waals surface area (Å²) in [5.41, 5.74) is 1.20. The van der Waals surface area contributed by atoms with Crippen molar-refractivity contribution in [3.05, 3.63) is 29.8 Å². The highest BCUT2D eigenvalue weighted by molar-refractivity contribution is 7.80. The first-order valence-electron chi connectivity index (χ1n) is 7.72. The highest BCUT2D eigenvalue weighted by Crippen LogP contribution is 2.10. The summed E-state index contributed by atoms with van der Waals surface area (Å²) in [7, 11) is 1.68. The molecule has 4 nitrogen and oxygen atoms in total. The van der Waals surface area contributed by atoms with E-state index in [4.69, 9.17) is 17.0 Å². The van der Waals surface area contributed by atoms with Gasteiger partial charge in [0.05, 0.1) is 26.7 Å². The lowest BCUT2D eigenvalue weighted by molar-refractivity contribution is -0.903. The summed E-state index contributed by atoms with van der Waals surface area (Å²) in [5, 5.41) is 7.48. The predicted octanol–water partition coefficient (Wildman–Crippen LogP) is 0.727. The van der Waals surface area contributed by atoms with Crippen LogP contribution in [0.3, 0.4) is 0 Å². The lowest BCUT2D eigenvalue weighted by Gasteiger charge is -2.29. The first-order valence-corrected chi connectivity index (χ1v) is 8.13. The number of quaternary nitrogens is 1. The van der Waals surface area contributed by atoms with Gasteiger partial charge in [-0.05, 0) is 36.8 Å². The van der Waals surface area contributed by atoms with Gasteiger partial charge >= 0.3 is 0 Å². The van der Waals surface area contributed by atoms with Gasteiger partial charge in [0, 0.05) is 25.4 Å². The fourth-order valence-electron chi connectivity index (χ4n) is 2.69. The molecule has 5 heteroatoms. The highest BCUT2D eigenvalue weighted by Gasteiger charge is 2.20. The number of thiocarbonyl (C=S) groups is 1. The van der Waals surface area contributed by atoms with Gasteiger partial charge in [-0.25, -0.2) is 0 Å². The molecule has 3 N–H and O–H groups in total. The van der Waals surface area contributed by atoms with E-state index in [0.29, 0.717) is 6.04 Å². The third-order valence-electron chi connectivity index (χ3n) is 4.14. The van der Waals surface area contributed by atoms with Crippen LogP contribution >= 0.6 is 12.2 Å². The summed E-state index contributed by atoms with van der Waals surface area (Å²) >= 11 is 5.39. The van der Waals surface area contributed by atoms with Crippen LogP contribution in [-0.4, -0.2) is 37.9 Å². The molecular weight excluding hydrogens is 282 g/mol. The molecular formula is C16H26N3OS+. The number of rotatable bonds is 5. The van der Waals surface area contributed by atoms with E-state index in [-0.39, 0.29) is 0 Å². The van der Waals surface area contributed by atoms with Gasteiger partial charge in [-0.2, -0.15) is 0 Å². The monoisotopic (exact) mass is 308 g/mol. The zero-order valence-corrected chi connectivity index (χ0v) is 13.8. The number of hydrogen-bond donors (Lipinski definition) is 3.